The third-order valence-electron chi connectivity index (χ3n) is 1.95. The summed E-state index contributed by atoms with van der Waals surface area (Å²) >= 11 is 5.95. The second kappa shape index (κ2) is 5.07. The second-order valence-corrected chi connectivity index (χ2v) is 6.14. The first-order chi connectivity index (χ1) is 5.37. The summed E-state index contributed by atoms with van der Waals surface area (Å²) in [6, 6.07) is 0. The summed E-state index contributed by atoms with van der Waals surface area (Å²) in [6.45, 7) is 4.00. The third-order valence-corrected chi connectivity index (χ3v) is 3.67. The lowest BCUT2D eigenvalue weighted by atomic mass is 10.0. The Kier molecular flexibility index (Phi) is 5.18. The fourth-order valence-electron chi connectivity index (χ4n) is 0.983. The zero-order valence-electron chi connectivity index (χ0n) is 7.88. The summed E-state index contributed by atoms with van der Waals surface area (Å²) in [4.78, 5) is 0. The van der Waals surface area contributed by atoms with E-state index in [4.69, 9.17) is 11.6 Å². The lowest BCUT2D eigenvalue weighted by molar-refractivity contribution is 0.512. The van der Waals surface area contributed by atoms with E-state index in [-0.39, 0.29) is 17.0 Å². The molecule has 0 radical (unpaired) electrons. The van der Waals surface area contributed by atoms with Crippen LogP contribution < -0.4 is 0 Å². The Morgan fingerprint density at radius 1 is 1.42 bits per heavy atom. The fourth-order valence-corrected chi connectivity index (χ4v) is 1.91. The Labute approximate surface area is 80.2 Å². The molecule has 0 aromatic rings. The molecule has 0 aliphatic rings. The van der Waals surface area contributed by atoms with Gasteiger partial charge in [0.2, 0.25) is 0 Å². The maximum Gasteiger partial charge on any atom is 0.147 e. The largest absolute Gasteiger partial charge is 0.229 e. The fraction of sp³-hybridized carbons (Fsp3) is 1.00. The average molecular weight is 213 g/mol. The van der Waals surface area contributed by atoms with Crippen LogP contribution in [0.1, 0.15) is 26.7 Å². The summed E-state index contributed by atoms with van der Waals surface area (Å²) < 4.78 is 21.6. The first-order valence-electron chi connectivity index (χ1n) is 4.18. The van der Waals surface area contributed by atoms with Crippen molar-refractivity contribution in [1.82, 2.24) is 0 Å². The monoisotopic (exact) mass is 212 g/mol. The standard InChI is InChI=1S/C8H17ClO2S/c1-4-8(9)7(2)5-6-12(3,10)11/h7-8H,4-6H2,1-3H3. The molecule has 2 atom stereocenters. The number of sulfone groups is 1. The predicted octanol–water partition coefficient (Wildman–Crippen LogP) is 2.07. The van der Waals surface area contributed by atoms with Gasteiger partial charge in [0, 0.05) is 11.6 Å². The number of hydrogen-bond donors (Lipinski definition) is 0. The number of halogens is 1. The first kappa shape index (κ1) is 12.2. The molecule has 0 saturated carbocycles. The molecule has 0 rings (SSSR count). The molecule has 0 bridgehead atoms. The Bertz CT molecular complexity index is 211. The Balaban J connectivity index is 3.79. The molecule has 4 heteroatoms. The van der Waals surface area contributed by atoms with Gasteiger partial charge in [-0.15, -0.1) is 11.6 Å². The van der Waals surface area contributed by atoms with Gasteiger partial charge < -0.3 is 0 Å². The van der Waals surface area contributed by atoms with Gasteiger partial charge in [0.1, 0.15) is 9.84 Å². The van der Waals surface area contributed by atoms with Gasteiger partial charge in [-0.1, -0.05) is 13.8 Å². The first-order valence-corrected chi connectivity index (χ1v) is 6.68. The van der Waals surface area contributed by atoms with Gasteiger partial charge in [-0.05, 0) is 18.8 Å². The van der Waals surface area contributed by atoms with E-state index in [2.05, 4.69) is 0 Å². The molecule has 0 aromatic carbocycles. The molecule has 74 valence electrons. The van der Waals surface area contributed by atoms with E-state index >= 15 is 0 Å². The van der Waals surface area contributed by atoms with Crippen LogP contribution in [-0.4, -0.2) is 25.8 Å². The van der Waals surface area contributed by atoms with Gasteiger partial charge >= 0.3 is 0 Å². The average Bonchev–Trinajstić information content (AvgIpc) is 1.97. The molecule has 0 N–H and O–H groups in total. The van der Waals surface area contributed by atoms with E-state index in [1.54, 1.807) is 0 Å². The smallest absolute Gasteiger partial charge is 0.147 e. The van der Waals surface area contributed by atoms with Crippen LogP contribution in [0.2, 0.25) is 0 Å². The summed E-state index contributed by atoms with van der Waals surface area (Å²) in [5, 5.41) is 0.103. The molecule has 0 amide bonds. The van der Waals surface area contributed by atoms with Crippen LogP contribution in [0.4, 0.5) is 0 Å². The second-order valence-electron chi connectivity index (χ2n) is 3.32. The number of alkyl halides is 1. The molecule has 0 saturated heterocycles. The number of rotatable bonds is 5. The molecule has 0 aliphatic heterocycles. The molecule has 0 aliphatic carbocycles. The maximum absolute atomic E-state index is 10.8. The van der Waals surface area contributed by atoms with Crippen molar-refractivity contribution in [3.63, 3.8) is 0 Å². The zero-order chi connectivity index (χ0) is 9.78. The highest BCUT2D eigenvalue weighted by atomic mass is 35.5. The van der Waals surface area contributed by atoms with Crippen molar-refractivity contribution in [1.29, 1.82) is 0 Å². The molecular formula is C8H17ClO2S. The summed E-state index contributed by atoms with van der Waals surface area (Å²) in [6.07, 6.45) is 2.82. The van der Waals surface area contributed by atoms with Gasteiger partial charge in [0.25, 0.3) is 0 Å². The van der Waals surface area contributed by atoms with Crippen LogP contribution in [0.3, 0.4) is 0 Å². The summed E-state index contributed by atoms with van der Waals surface area (Å²) in [5.41, 5.74) is 0. The van der Waals surface area contributed by atoms with E-state index in [1.807, 2.05) is 13.8 Å². The highest BCUT2D eigenvalue weighted by Gasteiger charge is 2.14. The highest BCUT2D eigenvalue weighted by Crippen LogP contribution is 2.17. The minimum atomic E-state index is -2.82. The SMILES string of the molecule is CCC(Cl)C(C)CCS(C)(=O)=O. The van der Waals surface area contributed by atoms with Crippen molar-refractivity contribution in [3.8, 4) is 0 Å². The molecule has 0 spiro atoms. The van der Waals surface area contributed by atoms with Gasteiger partial charge in [-0.3, -0.25) is 0 Å². The van der Waals surface area contributed by atoms with E-state index < -0.39 is 9.84 Å². The number of hydrogen-bond acceptors (Lipinski definition) is 2. The molecular weight excluding hydrogens is 196 g/mol. The highest BCUT2D eigenvalue weighted by molar-refractivity contribution is 7.90. The quantitative estimate of drug-likeness (QED) is 0.654. The molecule has 0 aromatic heterocycles. The van der Waals surface area contributed by atoms with Crippen LogP contribution in [0.5, 0.6) is 0 Å². The Morgan fingerprint density at radius 3 is 2.25 bits per heavy atom. The zero-order valence-corrected chi connectivity index (χ0v) is 9.45. The van der Waals surface area contributed by atoms with Gasteiger partial charge in [0.05, 0.1) is 5.75 Å². The minimum Gasteiger partial charge on any atom is -0.229 e. The van der Waals surface area contributed by atoms with Crippen LogP contribution >= 0.6 is 11.6 Å². The molecule has 2 nitrogen and oxygen atoms in total. The normalized spacial score (nSPS) is 17.3. The third kappa shape index (κ3) is 5.84. The van der Waals surface area contributed by atoms with Crippen molar-refractivity contribution in [2.45, 2.75) is 32.1 Å². The van der Waals surface area contributed by atoms with Crippen molar-refractivity contribution < 1.29 is 8.42 Å². The van der Waals surface area contributed by atoms with Gasteiger partial charge in [-0.25, -0.2) is 8.42 Å². The molecule has 12 heavy (non-hydrogen) atoms. The van der Waals surface area contributed by atoms with Crippen molar-refractivity contribution >= 4 is 21.4 Å². The van der Waals surface area contributed by atoms with Crippen molar-refractivity contribution in [3.05, 3.63) is 0 Å². The topological polar surface area (TPSA) is 34.1 Å². The van der Waals surface area contributed by atoms with Crippen LogP contribution in [0, 0.1) is 5.92 Å². The Morgan fingerprint density at radius 2 is 1.92 bits per heavy atom. The Hall–Kier alpha value is 0.240. The van der Waals surface area contributed by atoms with Crippen molar-refractivity contribution in [2.24, 2.45) is 5.92 Å². The molecule has 0 fully saturated rings. The summed E-state index contributed by atoms with van der Waals surface area (Å²) in [5.74, 6) is 0.531. The van der Waals surface area contributed by atoms with Gasteiger partial charge in [-0.2, -0.15) is 0 Å². The van der Waals surface area contributed by atoms with E-state index in [9.17, 15) is 8.42 Å². The van der Waals surface area contributed by atoms with E-state index in [1.165, 1.54) is 6.26 Å². The lowest BCUT2D eigenvalue weighted by Crippen LogP contribution is -2.15. The van der Waals surface area contributed by atoms with E-state index in [0.717, 1.165) is 6.42 Å². The lowest BCUT2D eigenvalue weighted by Gasteiger charge is -2.14. The molecule has 2 unspecified atom stereocenters. The van der Waals surface area contributed by atoms with Crippen LogP contribution in [0.25, 0.3) is 0 Å². The van der Waals surface area contributed by atoms with E-state index in [0.29, 0.717) is 6.42 Å². The van der Waals surface area contributed by atoms with Crippen LogP contribution in [0.15, 0.2) is 0 Å². The maximum atomic E-state index is 10.8. The minimum absolute atomic E-state index is 0.103. The predicted molar refractivity (Wildman–Crippen MR) is 53.4 cm³/mol. The summed E-state index contributed by atoms with van der Waals surface area (Å²) in [7, 11) is -2.82. The van der Waals surface area contributed by atoms with Crippen LogP contribution in [-0.2, 0) is 9.84 Å². The van der Waals surface area contributed by atoms with Crippen molar-refractivity contribution in [2.75, 3.05) is 12.0 Å². The van der Waals surface area contributed by atoms with Gasteiger partial charge in [0.15, 0.2) is 0 Å². The molecule has 0 heterocycles.